The van der Waals surface area contributed by atoms with Gasteiger partial charge in [-0.2, -0.15) is 0 Å². The van der Waals surface area contributed by atoms with Crippen molar-refractivity contribution in [1.29, 1.82) is 0 Å². The Hall–Kier alpha value is -1.79. The minimum Gasteiger partial charge on any atom is -0.377 e. The van der Waals surface area contributed by atoms with Crippen molar-refractivity contribution in [2.75, 3.05) is 12.4 Å². The van der Waals surface area contributed by atoms with E-state index in [1.54, 1.807) is 7.11 Å². The van der Waals surface area contributed by atoms with Crippen LogP contribution in [-0.2, 0) is 17.8 Å². The van der Waals surface area contributed by atoms with Gasteiger partial charge < -0.3 is 4.74 Å². The van der Waals surface area contributed by atoms with E-state index in [4.69, 9.17) is 4.74 Å². The van der Waals surface area contributed by atoms with Gasteiger partial charge in [0.2, 0.25) is 5.13 Å². The molecule has 1 N–H and O–H groups in total. The average molecular weight is 277 g/mol. The number of nitrogens with one attached hydrogen (secondary N) is 1. The van der Waals surface area contributed by atoms with E-state index in [9.17, 15) is 4.79 Å². The number of carbonyl (C=O) groups is 1. The number of ether oxygens (including phenoxy) is 1. The molecule has 1 aromatic heterocycles. The number of rotatable bonds is 5. The first-order chi connectivity index (χ1) is 9.22. The lowest BCUT2D eigenvalue weighted by molar-refractivity contribution is 0.102. The Morgan fingerprint density at radius 2 is 2.05 bits per heavy atom. The van der Waals surface area contributed by atoms with Gasteiger partial charge in [0.25, 0.3) is 5.91 Å². The molecule has 0 unspecified atom stereocenters. The fourth-order valence-electron chi connectivity index (χ4n) is 1.55. The summed E-state index contributed by atoms with van der Waals surface area (Å²) in [7, 11) is 1.59. The summed E-state index contributed by atoms with van der Waals surface area (Å²) in [5, 5.41) is 11.7. The zero-order valence-corrected chi connectivity index (χ0v) is 11.7. The van der Waals surface area contributed by atoms with Crippen molar-refractivity contribution < 1.29 is 9.53 Å². The molecule has 100 valence electrons. The maximum Gasteiger partial charge on any atom is 0.257 e. The summed E-state index contributed by atoms with van der Waals surface area (Å²) in [6, 6.07) is 7.52. The smallest absolute Gasteiger partial charge is 0.257 e. The van der Waals surface area contributed by atoms with Gasteiger partial charge in [-0.1, -0.05) is 30.4 Å². The molecule has 0 atom stereocenters. The third-order valence-electron chi connectivity index (χ3n) is 2.58. The quantitative estimate of drug-likeness (QED) is 0.912. The number of hydrogen-bond donors (Lipinski definition) is 1. The molecule has 0 aliphatic carbocycles. The van der Waals surface area contributed by atoms with Gasteiger partial charge in [0.15, 0.2) is 0 Å². The summed E-state index contributed by atoms with van der Waals surface area (Å²) in [6.07, 6.45) is 0.957. The number of aryl methyl sites for hydroxylation is 1. The van der Waals surface area contributed by atoms with Crippen LogP contribution in [0.15, 0.2) is 24.3 Å². The molecule has 2 rings (SSSR count). The number of nitrogens with zero attached hydrogens (tertiary/aromatic N) is 2. The van der Waals surface area contributed by atoms with Gasteiger partial charge in [-0.3, -0.25) is 10.1 Å². The highest BCUT2D eigenvalue weighted by Gasteiger charge is 2.09. The van der Waals surface area contributed by atoms with Crippen LogP contribution in [0, 0.1) is 0 Å². The second-order valence-electron chi connectivity index (χ2n) is 3.94. The van der Waals surface area contributed by atoms with Crippen LogP contribution in [0.2, 0.25) is 0 Å². The van der Waals surface area contributed by atoms with E-state index < -0.39 is 0 Å². The summed E-state index contributed by atoms with van der Waals surface area (Å²) in [4.78, 5) is 12.0. The monoisotopic (exact) mass is 277 g/mol. The second kappa shape index (κ2) is 6.40. The van der Waals surface area contributed by atoms with E-state index in [1.807, 2.05) is 24.3 Å². The number of benzene rings is 1. The zero-order valence-electron chi connectivity index (χ0n) is 10.8. The van der Waals surface area contributed by atoms with Crippen molar-refractivity contribution >= 4 is 22.4 Å². The molecule has 0 saturated heterocycles. The number of carbonyl (C=O) groups excluding carboxylic acids is 1. The largest absolute Gasteiger partial charge is 0.377 e. The van der Waals surface area contributed by atoms with E-state index in [2.05, 4.69) is 22.4 Å². The first kappa shape index (κ1) is 13.6. The third kappa shape index (κ3) is 3.59. The van der Waals surface area contributed by atoms with Crippen LogP contribution < -0.4 is 5.32 Å². The lowest BCUT2D eigenvalue weighted by Crippen LogP contribution is -2.11. The first-order valence-electron chi connectivity index (χ1n) is 5.94. The number of hydrogen-bond acceptors (Lipinski definition) is 5. The van der Waals surface area contributed by atoms with Crippen LogP contribution in [0.5, 0.6) is 0 Å². The van der Waals surface area contributed by atoms with E-state index in [0.717, 1.165) is 11.4 Å². The summed E-state index contributed by atoms with van der Waals surface area (Å²) < 4.78 is 4.95. The Morgan fingerprint density at radius 1 is 1.32 bits per heavy atom. The number of amides is 1. The molecule has 1 aromatic carbocycles. The topological polar surface area (TPSA) is 64.1 Å². The first-order valence-corrected chi connectivity index (χ1v) is 6.76. The van der Waals surface area contributed by atoms with Gasteiger partial charge >= 0.3 is 0 Å². The van der Waals surface area contributed by atoms with Crippen LogP contribution in [0.3, 0.4) is 0 Å². The van der Waals surface area contributed by atoms with Gasteiger partial charge in [0.05, 0.1) is 0 Å². The lowest BCUT2D eigenvalue weighted by Gasteiger charge is -2.02. The van der Waals surface area contributed by atoms with Gasteiger partial charge in [-0.25, -0.2) is 0 Å². The van der Waals surface area contributed by atoms with Crippen molar-refractivity contribution in [3.05, 3.63) is 40.4 Å². The van der Waals surface area contributed by atoms with Crippen LogP contribution in [0.4, 0.5) is 5.13 Å². The lowest BCUT2D eigenvalue weighted by atomic mass is 10.1. The minimum atomic E-state index is -0.178. The Bertz CT molecular complexity index is 551. The predicted molar refractivity (Wildman–Crippen MR) is 74.4 cm³/mol. The maximum atomic E-state index is 12.0. The Morgan fingerprint density at radius 3 is 2.68 bits per heavy atom. The molecule has 0 spiro atoms. The molecule has 6 heteroatoms. The van der Waals surface area contributed by atoms with Crippen molar-refractivity contribution in [1.82, 2.24) is 10.2 Å². The predicted octanol–water partition coefficient (Wildman–Crippen LogP) is 2.50. The molecular formula is C13H15N3O2S. The van der Waals surface area contributed by atoms with Crippen LogP contribution in [-0.4, -0.2) is 23.2 Å². The summed E-state index contributed by atoms with van der Waals surface area (Å²) in [5.41, 5.74) is 1.82. The van der Waals surface area contributed by atoms with E-state index in [1.165, 1.54) is 16.9 Å². The summed E-state index contributed by atoms with van der Waals surface area (Å²) in [6.45, 7) is 2.48. The SMILES string of the molecule is CCc1ccc(C(=O)Nc2nnc(COC)s2)cc1. The Balaban J connectivity index is 2.02. The van der Waals surface area contributed by atoms with Crippen LogP contribution in [0.1, 0.15) is 27.9 Å². The third-order valence-corrected chi connectivity index (χ3v) is 3.39. The van der Waals surface area contributed by atoms with Crippen LogP contribution >= 0.6 is 11.3 Å². The molecule has 1 amide bonds. The average Bonchev–Trinajstić information content (AvgIpc) is 2.86. The molecule has 0 bridgehead atoms. The summed E-state index contributed by atoms with van der Waals surface area (Å²) in [5.74, 6) is -0.178. The molecule has 2 aromatic rings. The number of anilines is 1. The normalized spacial score (nSPS) is 10.4. The fraction of sp³-hybridized carbons (Fsp3) is 0.308. The van der Waals surface area contributed by atoms with Crippen molar-refractivity contribution in [3.8, 4) is 0 Å². The highest BCUT2D eigenvalue weighted by molar-refractivity contribution is 7.15. The zero-order chi connectivity index (χ0) is 13.7. The molecule has 0 aliphatic heterocycles. The van der Waals surface area contributed by atoms with Crippen molar-refractivity contribution in [3.63, 3.8) is 0 Å². The molecular weight excluding hydrogens is 262 g/mol. The van der Waals surface area contributed by atoms with Gasteiger partial charge in [0.1, 0.15) is 11.6 Å². The standard InChI is InChI=1S/C13H15N3O2S/c1-3-9-4-6-10(7-5-9)12(17)14-13-16-15-11(19-13)8-18-2/h4-7H,3,8H2,1-2H3,(H,14,16,17). The number of aromatic nitrogens is 2. The molecule has 0 fully saturated rings. The fourth-order valence-corrected chi connectivity index (χ4v) is 2.25. The Kier molecular flexibility index (Phi) is 4.59. The van der Waals surface area contributed by atoms with Gasteiger partial charge in [0, 0.05) is 12.7 Å². The van der Waals surface area contributed by atoms with E-state index >= 15 is 0 Å². The highest BCUT2D eigenvalue weighted by atomic mass is 32.1. The molecule has 0 aliphatic rings. The Labute approximate surface area is 115 Å². The molecule has 1 heterocycles. The second-order valence-corrected chi connectivity index (χ2v) is 5.00. The van der Waals surface area contributed by atoms with Gasteiger partial charge in [-0.15, -0.1) is 10.2 Å². The van der Waals surface area contributed by atoms with E-state index in [0.29, 0.717) is 17.3 Å². The minimum absolute atomic E-state index is 0.178. The van der Waals surface area contributed by atoms with E-state index in [-0.39, 0.29) is 5.91 Å². The maximum absolute atomic E-state index is 12.0. The van der Waals surface area contributed by atoms with Crippen LogP contribution in [0.25, 0.3) is 0 Å². The van der Waals surface area contributed by atoms with Crippen molar-refractivity contribution in [2.24, 2.45) is 0 Å². The summed E-state index contributed by atoms with van der Waals surface area (Å²) >= 11 is 1.31. The molecule has 19 heavy (non-hydrogen) atoms. The molecule has 0 radical (unpaired) electrons. The number of methoxy groups -OCH3 is 1. The van der Waals surface area contributed by atoms with Crippen molar-refractivity contribution in [2.45, 2.75) is 20.0 Å². The molecule has 5 nitrogen and oxygen atoms in total. The molecule has 0 saturated carbocycles. The van der Waals surface area contributed by atoms with Gasteiger partial charge in [-0.05, 0) is 24.1 Å². The highest BCUT2D eigenvalue weighted by Crippen LogP contribution is 2.17.